The lowest BCUT2D eigenvalue weighted by atomic mass is 9.84. The van der Waals surface area contributed by atoms with Gasteiger partial charge in [0.05, 0.1) is 18.8 Å². The van der Waals surface area contributed by atoms with Crippen LogP contribution in [0.25, 0.3) is 22.1 Å². The third-order valence-corrected chi connectivity index (χ3v) is 5.85. The number of β-amino-alcohol motifs (C(OH)–C–C–N with tert-alkyl or cyclic N) is 1. The predicted molar refractivity (Wildman–Crippen MR) is 118 cm³/mol. The highest BCUT2D eigenvalue weighted by Crippen LogP contribution is 2.37. The second-order valence-corrected chi connectivity index (χ2v) is 9.10. The second kappa shape index (κ2) is 7.94. The number of hydrogen-bond acceptors (Lipinski definition) is 6. The Bertz CT molecular complexity index is 1250. The number of esters is 1. The van der Waals surface area contributed by atoms with E-state index in [2.05, 4.69) is 4.98 Å². The molecule has 2 N–H and O–H groups in total. The fourth-order valence-electron chi connectivity index (χ4n) is 4.22. The van der Waals surface area contributed by atoms with Crippen molar-refractivity contribution >= 4 is 22.8 Å². The summed E-state index contributed by atoms with van der Waals surface area (Å²) in [7, 11) is 1.25. The molecule has 1 saturated heterocycles. The van der Waals surface area contributed by atoms with Crippen LogP contribution in [0.15, 0.2) is 45.9 Å². The molecule has 2 atom stereocenters. The predicted octanol–water partition coefficient (Wildman–Crippen LogP) is 2.83. The maximum atomic E-state index is 13.5. The van der Waals surface area contributed by atoms with Crippen molar-refractivity contribution in [1.29, 1.82) is 0 Å². The molecule has 8 nitrogen and oxygen atoms in total. The number of pyridine rings is 1. The molecule has 2 aromatic heterocycles. The zero-order valence-corrected chi connectivity index (χ0v) is 18.5. The van der Waals surface area contributed by atoms with E-state index in [-0.39, 0.29) is 29.5 Å². The molecule has 8 heteroatoms. The van der Waals surface area contributed by atoms with E-state index in [1.54, 1.807) is 24.4 Å². The molecule has 0 radical (unpaired) electrons. The van der Waals surface area contributed by atoms with Gasteiger partial charge in [0, 0.05) is 35.7 Å². The van der Waals surface area contributed by atoms with E-state index in [0.717, 1.165) is 5.56 Å². The van der Waals surface area contributed by atoms with Gasteiger partial charge in [-0.1, -0.05) is 20.8 Å². The van der Waals surface area contributed by atoms with Crippen molar-refractivity contribution in [2.45, 2.75) is 44.8 Å². The Labute approximate surface area is 184 Å². The van der Waals surface area contributed by atoms with E-state index in [1.807, 2.05) is 26.8 Å². The first-order chi connectivity index (χ1) is 15.1. The highest BCUT2D eigenvalue weighted by Gasteiger charge is 2.41. The molecular weight excluding hydrogens is 412 g/mol. The largest absolute Gasteiger partial charge is 0.467 e. The number of rotatable bonds is 3. The van der Waals surface area contributed by atoms with Crippen molar-refractivity contribution in [2.24, 2.45) is 0 Å². The van der Waals surface area contributed by atoms with Gasteiger partial charge < -0.3 is 24.1 Å². The third-order valence-electron chi connectivity index (χ3n) is 5.85. The van der Waals surface area contributed by atoms with Crippen LogP contribution in [0.1, 0.15) is 43.1 Å². The smallest absolute Gasteiger partial charge is 0.328 e. The minimum atomic E-state index is -0.866. The molecular formula is C24H26N2O6. The molecule has 1 aliphatic heterocycles. The summed E-state index contributed by atoms with van der Waals surface area (Å²) >= 11 is 0. The van der Waals surface area contributed by atoms with Crippen molar-refractivity contribution in [3.05, 3.63) is 58.2 Å². The van der Waals surface area contributed by atoms with Crippen LogP contribution in [0, 0.1) is 0 Å². The maximum Gasteiger partial charge on any atom is 0.328 e. The van der Waals surface area contributed by atoms with E-state index in [0.29, 0.717) is 22.1 Å². The number of methoxy groups -OCH3 is 1. The topological polar surface area (TPSA) is 113 Å². The van der Waals surface area contributed by atoms with Gasteiger partial charge in [0.2, 0.25) is 0 Å². The van der Waals surface area contributed by atoms with E-state index in [9.17, 15) is 19.5 Å². The minimum Gasteiger partial charge on any atom is -0.467 e. The number of likely N-dealkylation sites (tertiary alicyclic amines) is 1. The SMILES string of the molecule is COC(=O)[C@@H]1C[C@@H](O)CN1C(=O)c1coc2c(C(C)(C)C)cc(-c3ccc[nH]c3=O)cc12. The summed E-state index contributed by atoms with van der Waals surface area (Å²) in [6.45, 7) is 6.09. The van der Waals surface area contributed by atoms with Crippen LogP contribution < -0.4 is 5.56 Å². The molecule has 1 fully saturated rings. The van der Waals surface area contributed by atoms with Gasteiger partial charge in [0.15, 0.2) is 0 Å². The van der Waals surface area contributed by atoms with Crippen LogP contribution >= 0.6 is 0 Å². The Balaban J connectivity index is 1.89. The van der Waals surface area contributed by atoms with Gasteiger partial charge >= 0.3 is 5.97 Å². The van der Waals surface area contributed by atoms with Crippen LogP contribution in [0.3, 0.4) is 0 Å². The Morgan fingerprint density at radius 1 is 1.28 bits per heavy atom. The van der Waals surface area contributed by atoms with Gasteiger partial charge in [-0.3, -0.25) is 9.59 Å². The molecule has 3 heterocycles. The number of H-pyrrole nitrogens is 1. The van der Waals surface area contributed by atoms with Crippen LogP contribution in [0.2, 0.25) is 0 Å². The van der Waals surface area contributed by atoms with Gasteiger partial charge in [-0.2, -0.15) is 0 Å². The molecule has 0 spiro atoms. The van der Waals surface area contributed by atoms with Gasteiger partial charge in [0.1, 0.15) is 17.9 Å². The number of aliphatic hydroxyl groups excluding tert-OH is 1. The first-order valence-electron chi connectivity index (χ1n) is 10.4. The zero-order chi connectivity index (χ0) is 23.2. The van der Waals surface area contributed by atoms with Crippen molar-refractivity contribution < 1.29 is 23.8 Å². The average molecular weight is 438 g/mol. The summed E-state index contributed by atoms with van der Waals surface area (Å²) in [6, 6.07) is 6.26. The van der Waals surface area contributed by atoms with E-state index in [4.69, 9.17) is 9.15 Å². The fourth-order valence-corrected chi connectivity index (χ4v) is 4.22. The normalized spacial score (nSPS) is 18.8. The van der Waals surface area contributed by atoms with Crippen LogP contribution in [-0.4, -0.2) is 52.7 Å². The molecule has 168 valence electrons. The third kappa shape index (κ3) is 3.71. The average Bonchev–Trinajstić information content (AvgIpc) is 3.35. The molecule has 3 aromatic rings. The van der Waals surface area contributed by atoms with Crippen LogP contribution in [0.5, 0.6) is 0 Å². The molecule has 1 amide bonds. The number of nitrogens with zero attached hydrogens (tertiary/aromatic N) is 1. The first kappa shape index (κ1) is 21.8. The molecule has 4 rings (SSSR count). The number of nitrogens with one attached hydrogen (secondary N) is 1. The first-order valence-corrected chi connectivity index (χ1v) is 10.4. The van der Waals surface area contributed by atoms with Crippen molar-refractivity contribution in [1.82, 2.24) is 9.88 Å². The molecule has 1 aromatic carbocycles. The highest BCUT2D eigenvalue weighted by molar-refractivity contribution is 6.08. The Hall–Kier alpha value is -3.39. The Morgan fingerprint density at radius 2 is 2.03 bits per heavy atom. The summed E-state index contributed by atoms with van der Waals surface area (Å²) in [5.41, 5.74) is 2.23. The van der Waals surface area contributed by atoms with Gasteiger partial charge in [-0.05, 0) is 35.2 Å². The molecule has 0 bridgehead atoms. The number of aliphatic hydroxyl groups is 1. The number of ether oxygens (including phenoxy) is 1. The number of hydrogen-bond donors (Lipinski definition) is 2. The number of carbonyl (C=O) groups is 2. The van der Waals surface area contributed by atoms with E-state index in [1.165, 1.54) is 18.3 Å². The molecule has 32 heavy (non-hydrogen) atoms. The van der Waals surface area contributed by atoms with Crippen molar-refractivity contribution in [3.63, 3.8) is 0 Å². The summed E-state index contributed by atoms with van der Waals surface area (Å²) in [5, 5.41) is 10.6. The lowest BCUT2D eigenvalue weighted by Gasteiger charge is -2.22. The summed E-state index contributed by atoms with van der Waals surface area (Å²) in [4.78, 5) is 42.1. The number of amides is 1. The van der Waals surface area contributed by atoms with E-state index >= 15 is 0 Å². The molecule has 0 saturated carbocycles. The number of carbonyl (C=O) groups excluding carboxylic acids is 2. The maximum absolute atomic E-state index is 13.5. The summed E-state index contributed by atoms with van der Waals surface area (Å²) in [5.74, 6) is -1.01. The van der Waals surface area contributed by atoms with Crippen LogP contribution in [0.4, 0.5) is 0 Å². The number of fused-ring (bicyclic) bond motifs is 1. The van der Waals surface area contributed by atoms with Crippen molar-refractivity contribution in [3.8, 4) is 11.1 Å². The summed E-state index contributed by atoms with van der Waals surface area (Å²) in [6.07, 6.45) is 2.24. The van der Waals surface area contributed by atoms with Gasteiger partial charge in [0.25, 0.3) is 11.5 Å². The zero-order valence-electron chi connectivity index (χ0n) is 18.5. The minimum absolute atomic E-state index is 0.0233. The second-order valence-electron chi connectivity index (χ2n) is 9.10. The highest BCUT2D eigenvalue weighted by atomic mass is 16.5. The van der Waals surface area contributed by atoms with Gasteiger partial charge in [-0.25, -0.2) is 4.79 Å². The number of benzene rings is 1. The monoisotopic (exact) mass is 438 g/mol. The lowest BCUT2D eigenvalue weighted by molar-refractivity contribution is -0.145. The van der Waals surface area contributed by atoms with Crippen LogP contribution in [-0.2, 0) is 14.9 Å². The number of aromatic nitrogens is 1. The van der Waals surface area contributed by atoms with E-state index < -0.39 is 24.0 Å². The lowest BCUT2D eigenvalue weighted by Crippen LogP contribution is -2.41. The molecule has 1 aliphatic rings. The van der Waals surface area contributed by atoms with Gasteiger partial charge in [-0.15, -0.1) is 0 Å². The molecule has 0 aliphatic carbocycles. The number of furan rings is 1. The van der Waals surface area contributed by atoms with Crippen molar-refractivity contribution in [2.75, 3.05) is 13.7 Å². The summed E-state index contributed by atoms with van der Waals surface area (Å²) < 4.78 is 10.7. The Kier molecular flexibility index (Phi) is 5.42. The Morgan fingerprint density at radius 3 is 2.69 bits per heavy atom. The molecule has 0 unspecified atom stereocenters. The number of aromatic amines is 1. The quantitative estimate of drug-likeness (QED) is 0.608. The fraction of sp³-hybridized carbons (Fsp3) is 0.375. The standard InChI is InChI=1S/C24H26N2O6/c1-24(2,3)18-9-13(15-6-5-7-25-21(15)28)8-16-17(12-32-20(16)18)22(29)26-11-14(27)10-19(26)23(30)31-4/h5-9,12,14,19,27H,10-11H2,1-4H3,(H,25,28)/t14-,19+/m1/s1.